The molecule has 188 valence electrons. The number of nitro groups is 1. The molecule has 0 bridgehead atoms. The first-order valence-corrected chi connectivity index (χ1v) is 13.3. The molecule has 5 rings (SSSR count). The van der Waals surface area contributed by atoms with Crippen molar-refractivity contribution < 1.29 is 4.92 Å². The maximum Gasteiger partial charge on any atom is 0.269 e. The minimum absolute atomic E-state index is 0.0536. The average Bonchev–Trinajstić information content (AvgIpc) is 3.39. The van der Waals surface area contributed by atoms with E-state index in [4.69, 9.17) is 12.2 Å². The van der Waals surface area contributed by atoms with Crippen LogP contribution in [0.15, 0.2) is 88.8 Å². The molecule has 1 saturated heterocycles. The molecule has 0 aliphatic carbocycles. The van der Waals surface area contributed by atoms with Crippen LogP contribution in [0.2, 0.25) is 0 Å². The number of nitrogens with zero attached hydrogens (tertiary/aromatic N) is 4. The number of nitrogens with one attached hydrogen (secondary N) is 1. The second-order valence-corrected chi connectivity index (χ2v) is 10.4. The van der Waals surface area contributed by atoms with E-state index >= 15 is 0 Å². The molecule has 1 aliphatic rings. The molecule has 0 saturated carbocycles. The van der Waals surface area contributed by atoms with Crippen molar-refractivity contribution in [2.45, 2.75) is 49.2 Å². The fourth-order valence-corrected chi connectivity index (χ4v) is 6.17. The Morgan fingerprint density at radius 1 is 1.05 bits per heavy atom. The van der Waals surface area contributed by atoms with E-state index in [2.05, 4.69) is 70.9 Å². The monoisotopic (exact) mass is 529 g/mol. The summed E-state index contributed by atoms with van der Waals surface area (Å²) in [6.07, 6.45) is 1.82. The van der Waals surface area contributed by atoms with Gasteiger partial charge in [-0.25, -0.2) is 0 Å². The molecule has 9 heteroatoms. The van der Waals surface area contributed by atoms with Crippen molar-refractivity contribution in [1.29, 1.82) is 0 Å². The van der Waals surface area contributed by atoms with Crippen LogP contribution in [0.4, 0.5) is 11.4 Å². The fraction of sp³-hybridized carbons (Fsp3) is 0.214. The van der Waals surface area contributed by atoms with Gasteiger partial charge in [0.1, 0.15) is 0 Å². The highest BCUT2D eigenvalue weighted by molar-refractivity contribution is 7.99. The first kappa shape index (κ1) is 25.0. The Hall–Kier alpha value is -3.69. The second-order valence-electron chi connectivity index (χ2n) is 8.91. The van der Waals surface area contributed by atoms with E-state index in [1.165, 1.54) is 29.1 Å². The third kappa shape index (κ3) is 4.84. The largest absolute Gasteiger partial charge is 0.351 e. The number of anilines is 1. The first-order chi connectivity index (χ1) is 17.9. The van der Waals surface area contributed by atoms with Crippen molar-refractivity contribution in [3.8, 4) is 0 Å². The maximum atomic E-state index is 10.9. The van der Waals surface area contributed by atoms with Crippen LogP contribution >= 0.6 is 24.0 Å². The third-order valence-corrected chi connectivity index (χ3v) is 8.07. The molecule has 0 spiro atoms. The van der Waals surface area contributed by atoms with E-state index in [9.17, 15) is 10.1 Å². The second kappa shape index (κ2) is 10.4. The Bertz CT molecular complexity index is 1440. The van der Waals surface area contributed by atoms with Gasteiger partial charge in [0.25, 0.3) is 5.69 Å². The topological polar surface area (TPSA) is 76.2 Å². The van der Waals surface area contributed by atoms with Crippen LogP contribution in [0.3, 0.4) is 0 Å². The lowest BCUT2D eigenvalue weighted by molar-refractivity contribution is -0.384. The average molecular weight is 530 g/mol. The molecule has 1 fully saturated rings. The van der Waals surface area contributed by atoms with Crippen LogP contribution in [0.1, 0.15) is 41.7 Å². The Balaban J connectivity index is 1.48. The predicted molar refractivity (Wildman–Crippen MR) is 151 cm³/mol. The Kier molecular flexibility index (Phi) is 6.99. The van der Waals surface area contributed by atoms with Crippen molar-refractivity contribution in [1.82, 2.24) is 14.9 Å². The molecule has 2 aromatic heterocycles. The number of aryl methyl sites for hydroxylation is 1. The zero-order valence-electron chi connectivity index (χ0n) is 20.8. The quantitative estimate of drug-likeness (QED) is 0.161. The zero-order valence-corrected chi connectivity index (χ0v) is 22.4. The van der Waals surface area contributed by atoms with Crippen molar-refractivity contribution in [3.63, 3.8) is 0 Å². The first-order valence-electron chi connectivity index (χ1n) is 12.1. The van der Waals surface area contributed by atoms with Crippen LogP contribution in [-0.4, -0.2) is 19.6 Å². The minimum atomic E-state index is -0.386. The lowest BCUT2D eigenvalue weighted by Crippen LogP contribution is -2.29. The lowest BCUT2D eigenvalue weighted by atomic mass is 9.96. The highest BCUT2D eigenvalue weighted by Gasteiger charge is 2.42. The lowest BCUT2D eigenvalue weighted by Gasteiger charge is -2.28. The molecule has 0 amide bonds. The normalized spacial score (nSPS) is 17.2. The van der Waals surface area contributed by atoms with Crippen LogP contribution in [0.5, 0.6) is 0 Å². The summed E-state index contributed by atoms with van der Waals surface area (Å²) < 4.78 is 2.33. The fourth-order valence-electron chi connectivity index (χ4n) is 5.01. The molecule has 0 unspecified atom stereocenters. The number of thiocarbonyl (C=S) groups is 1. The smallest absolute Gasteiger partial charge is 0.269 e. The van der Waals surface area contributed by atoms with Gasteiger partial charge in [0, 0.05) is 51.7 Å². The number of pyridine rings is 1. The summed E-state index contributed by atoms with van der Waals surface area (Å²) in [6.45, 7) is 7.39. The van der Waals surface area contributed by atoms with Gasteiger partial charge >= 0.3 is 0 Å². The predicted octanol–water partition coefficient (Wildman–Crippen LogP) is 6.76. The molecule has 1 aliphatic heterocycles. The summed E-state index contributed by atoms with van der Waals surface area (Å²) in [7, 11) is 0. The minimum Gasteiger partial charge on any atom is -0.351 e. The van der Waals surface area contributed by atoms with E-state index < -0.39 is 0 Å². The maximum absolute atomic E-state index is 10.9. The van der Waals surface area contributed by atoms with Crippen molar-refractivity contribution >= 4 is 40.5 Å². The van der Waals surface area contributed by atoms with Crippen LogP contribution in [-0.2, 0) is 6.54 Å². The number of nitro benzene ring substituents is 1. The molecule has 0 radical (unpaired) electrons. The van der Waals surface area contributed by atoms with Crippen LogP contribution in [0, 0.1) is 24.0 Å². The van der Waals surface area contributed by atoms with Gasteiger partial charge in [0.15, 0.2) is 5.11 Å². The van der Waals surface area contributed by atoms with Gasteiger partial charge in [0.05, 0.1) is 22.7 Å². The number of hydrogen-bond donors (Lipinski definition) is 1. The Morgan fingerprint density at radius 3 is 2.30 bits per heavy atom. The molecule has 7 nitrogen and oxygen atoms in total. The van der Waals surface area contributed by atoms with E-state index in [1.54, 1.807) is 23.9 Å². The van der Waals surface area contributed by atoms with Gasteiger partial charge in [-0.3, -0.25) is 15.1 Å². The van der Waals surface area contributed by atoms with Gasteiger partial charge < -0.3 is 14.8 Å². The summed E-state index contributed by atoms with van der Waals surface area (Å²) in [5.41, 5.74) is 5.71. The number of rotatable bonds is 7. The Labute approximate surface area is 225 Å². The highest BCUT2D eigenvalue weighted by Crippen LogP contribution is 2.43. The van der Waals surface area contributed by atoms with Gasteiger partial charge in [0.2, 0.25) is 0 Å². The molecule has 4 aromatic rings. The molecular formula is C28H27N5O2S2. The number of aromatic nitrogens is 2. The summed E-state index contributed by atoms with van der Waals surface area (Å²) in [5, 5.41) is 15.1. The van der Waals surface area contributed by atoms with Crippen LogP contribution in [0.25, 0.3) is 0 Å². The van der Waals surface area contributed by atoms with Crippen molar-refractivity contribution in [2.75, 3.05) is 4.90 Å². The van der Waals surface area contributed by atoms with Crippen LogP contribution < -0.4 is 10.2 Å². The number of hydrogen-bond acceptors (Lipinski definition) is 5. The van der Waals surface area contributed by atoms with E-state index in [1.807, 2.05) is 24.4 Å². The highest BCUT2D eigenvalue weighted by atomic mass is 32.2. The molecule has 1 N–H and O–H groups in total. The van der Waals surface area contributed by atoms with Gasteiger partial charge in [-0.15, -0.1) is 0 Å². The molecule has 37 heavy (non-hydrogen) atoms. The van der Waals surface area contributed by atoms with E-state index in [0.29, 0.717) is 5.11 Å². The summed E-state index contributed by atoms with van der Waals surface area (Å²) in [5.74, 6) is 0. The van der Waals surface area contributed by atoms with Gasteiger partial charge in [-0.2, -0.15) is 0 Å². The molecule has 2 aromatic carbocycles. The summed E-state index contributed by atoms with van der Waals surface area (Å²) >= 11 is 7.44. The van der Waals surface area contributed by atoms with E-state index in [-0.39, 0.29) is 22.7 Å². The van der Waals surface area contributed by atoms with Crippen molar-refractivity contribution in [2.24, 2.45) is 0 Å². The Morgan fingerprint density at radius 2 is 1.73 bits per heavy atom. The standard InChI is InChI=1S/C28H27N5O2S2/c1-4-31-18(2)17-24(19(31)3)27-26(25-7-5-6-16-29-25)30-28(36)32(27)20-8-12-22(13-9-20)37-23-14-10-21(11-15-23)33(34)35/h5-17,26-27H,4H2,1-3H3,(H,30,36)/t26-,27+/m0/s1. The molecule has 2 atom stereocenters. The van der Waals surface area contributed by atoms with Gasteiger partial charge in [-0.1, -0.05) is 17.8 Å². The van der Waals surface area contributed by atoms with Gasteiger partial charge in [-0.05, 0) is 93.1 Å². The SMILES string of the molecule is CCn1c(C)cc([C@@H]2[C@H](c3ccccn3)NC(=S)N2c2ccc(Sc3ccc([N+](=O)[O-])cc3)cc2)c1C. The summed E-state index contributed by atoms with van der Waals surface area (Å²) in [4.78, 5) is 19.4. The number of non-ortho nitro benzene ring substituents is 1. The third-order valence-electron chi connectivity index (χ3n) is 6.74. The van der Waals surface area contributed by atoms with Crippen molar-refractivity contribution in [3.05, 3.63) is 112 Å². The zero-order chi connectivity index (χ0) is 26.1. The van der Waals surface area contributed by atoms with E-state index in [0.717, 1.165) is 27.7 Å². The molecule has 3 heterocycles. The summed E-state index contributed by atoms with van der Waals surface area (Å²) in [6, 6.07) is 23.0. The number of benzene rings is 2. The molecular weight excluding hydrogens is 502 g/mol.